The van der Waals surface area contributed by atoms with Gasteiger partial charge in [0.15, 0.2) is 6.61 Å². The van der Waals surface area contributed by atoms with Crippen LogP contribution in [0.3, 0.4) is 0 Å². The number of hydrogen-bond donors (Lipinski definition) is 2. The number of carbonyl (C=O) groups is 3. The molecule has 1 atom stereocenters. The number of unbranched alkanes of at least 4 members (excludes halogenated alkanes) is 1. The first-order valence-electron chi connectivity index (χ1n) is 14.9. The summed E-state index contributed by atoms with van der Waals surface area (Å²) in [6, 6.07) is 14.6. The van der Waals surface area contributed by atoms with Crippen LogP contribution in [-0.2, 0) is 20.9 Å². The van der Waals surface area contributed by atoms with Crippen LogP contribution in [0.4, 0.5) is 4.79 Å². The van der Waals surface area contributed by atoms with Gasteiger partial charge in [-0.05, 0) is 41.3 Å². The van der Waals surface area contributed by atoms with Crippen molar-refractivity contribution >= 4 is 17.9 Å². The normalized spacial score (nSPS) is 14.4. The van der Waals surface area contributed by atoms with Crippen LogP contribution in [0.25, 0.3) is 22.5 Å². The van der Waals surface area contributed by atoms with E-state index in [1.807, 2.05) is 69.4 Å². The summed E-state index contributed by atoms with van der Waals surface area (Å²) in [6.07, 6.45) is 1.74. The van der Waals surface area contributed by atoms with Crippen LogP contribution < -0.4 is 5.32 Å². The number of esters is 1. The summed E-state index contributed by atoms with van der Waals surface area (Å²) in [4.78, 5) is 44.6. The minimum Gasteiger partial charge on any atom is -0.454 e. The summed E-state index contributed by atoms with van der Waals surface area (Å²) in [5.74, 6) is -0.528. The number of tetrazole rings is 1. The van der Waals surface area contributed by atoms with E-state index >= 15 is 0 Å². The van der Waals surface area contributed by atoms with Crippen molar-refractivity contribution in [1.82, 2.24) is 40.6 Å². The number of urea groups is 1. The summed E-state index contributed by atoms with van der Waals surface area (Å²) in [6.45, 7) is 9.12. The van der Waals surface area contributed by atoms with Gasteiger partial charge in [0.1, 0.15) is 6.04 Å². The highest BCUT2D eigenvalue weighted by molar-refractivity contribution is 5.86. The van der Waals surface area contributed by atoms with E-state index in [0.29, 0.717) is 32.0 Å². The van der Waals surface area contributed by atoms with Crippen LogP contribution in [0, 0.1) is 5.92 Å². The Balaban J connectivity index is 1.39. The Labute approximate surface area is 252 Å². The number of benzene rings is 2. The third-order valence-electron chi connectivity index (χ3n) is 7.61. The molecule has 2 N–H and O–H groups in total. The molecule has 0 spiro atoms. The quantitative estimate of drug-likeness (QED) is 0.307. The van der Waals surface area contributed by atoms with E-state index in [2.05, 4.69) is 37.8 Å². The van der Waals surface area contributed by atoms with Gasteiger partial charge in [-0.2, -0.15) is 5.21 Å². The number of ether oxygens (including phenoxy) is 1. The number of nitrogens with zero attached hydrogens (tertiary/aromatic N) is 6. The number of aromatic amines is 1. The minimum atomic E-state index is -0.874. The van der Waals surface area contributed by atoms with Crippen molar-refractivity contribution in [2.24, 2.45) is 5.92 Å². The molecule has 0 radical (unpaired) electrons. The third kappa shape index (κ3) is 8.60. The smallest absolute Gasteiger partial charge is 0.329 e. The van der Waals surface area contributed by atoms with E-state index in [0.717, 1.165) is 48.2 Å². The van der Waals surface area contributed by atoms with Crippen molar-refractivity contribution in [2.75, 3.05) is 46.4 Å². The van der Waals surface area contributed by atoms with Gasteiger partial charge < -0.3 is 24.8 Å². The predicted molar refractivity (Wildman–Crippen MR) is 163 cm³/mol. The molecule has 2 heterocycles. The second-order valence-electron chi connectivity index (χ2n) is 11.2. The molecular weight excluding hydrogens is 548 g/mol. The number of aromatic nitrogens is 4. The van der Waals surface area contributed by atoms with E-state index in [4.69, 9.17) is 4.74 Å². The van der Waals surface area contributed by atoms with Crippen LogP contribution in [0.1, 0.15) is 39.2 Å². The summed E-state index contributed by atoms with van der Waals surface area (Å²) < 4.78 is 5.39. The molecule has 2 aromatic carbocycles. The maximum absolute atomic E-state index is 13.5. The molecule has 4 rings (SSSR count). The number of hydrogen-bond acceptors (Lipinski definition) is 8. The van der Waals surface area contributed by atoms with E-state index in [-0.39, 0.29) is 24.5 Å². The van der Waals surface area contributed by atoms with Crippen molar-refractivity contribution in [3.8, 4) is 22.5 Å². The lowest BCUT2D eigenvalue weighted by Crippen LogP contribution is -2.52. The fourth-order valence-corrected chi connectivity index (χ4v) is 4.91. The molecule has 1 saturated heterocycles. The number of H-pyrrole nitrogens is 1. The van der Waals surface area contributed by atoms with Crippen LogP contribution in [-0.4, -0.2) is 106 Å². The summed E-state index contributed by atoms with van der Waals surface area (Å²) in [5.41, 5.74) is 3.78. The van der Waals surface area contributed by atoms with Crippen molar-refractivity contribution in [2.45, 2.75) is 46.2 Å². The molecule has 230 valence electrons. The van der Waals surface area contributed by atoms with Crippen LogP contribution in [0.5, 0.6) is 0 Å². The summed E-state index contributed by atoms with van der Waals surface area (Å²) in [5, 5.41) is 17.3. The van der Waals surface area contributed by atoms with Gasteiger partial charge in [-0.15, -0.1) is 10.2 Å². The molecule has 0 aliphatic carbocycles. The summed E-state index contributed by atoms with van der Waals surface area (Å²) in [7, 11) is 2.01. The Morgan fingerprint density at radius 1 is 1.02 bits per heavy atom. The fraction of sp³-hybridized carbons (Fsp3) is 0.484. The van der Waals surface area contributed by atoms with Crippen molar-refractivity contribution in [3.63, 3.8) is 0 Å². The molecule has 3 amide bonds. The molecule has 43 heavy (non-hydrogen) atoms. The van der Waals surface area contributed by atoms with Gasteiger partial charge in [0.2, 0.25) is 5.82 Å². The zero-order chi connectivity index (χ0) is 30.8. The molecule has 0 saturated carbocycles. The number of amides is 3. The number of nitrogens with one attached hydrogen (secondary N) is 2. The van der Waals surface area contributed by atoms with Gasteiger partial charge in [-0.25, -0.2) is 9.59 Å². The van der Waals surface area contributed by atoms with Crippen molar-refractivity contribution < 1.29 is 19.1 Å². The molecule has 1 unspecified atom stereocenters. The molecule has 1 aliphatic rings. The second-order valence-corrected chi connectivity index (χ2v) is 11.2. The monoisotopic (exact) mass is 590 g/mol. The molecular formula is C31H42N8O4. The number of piperazine rings is 1. The summed E-state index contributed by atoms with van der Waals surface area (Å²) >= 11 is 0. The first kappa shape index (κ1) is 31.6. The maximum Gasteiger partial charge on any atom is 0.329 e. The zero-order valence-corrected chi connectivity index (χ0v) is 25.5. The molecule has 12 heteroatoms. The van der Waals surface area contributed by atoms with Gasteiger partial charge in [0, 0.05) is 44.8 Å². The topological polar surface area (TPSA) is 137 Å². The highest BCUT2D eigenvalue weighted by Crippen LogP contribution is 2.30. The van der Waals surface area contributed by atoms with Gasteiger partial charge >= 0.3 is 12.0 Å². The lowest BCUT2D eigenvalue weighted by atomic mass is 9.98. The lowest BCUT2D eigenvalue weighted by Gasteiger charge is -2.32. The lowest BCUT2D eigenvalue weighted by molar-refractivity contribution is -0.155. The van der Waals surface area contributed by atoms with Gasteiger partial charge in [-0.1, -0.05) is 75.7 Å². The Morgan fingerprint density at radius 2 is 1.72 bits per heavy atom. The van der Waals surface area contributed by atoms with E-state index in [1.54, 1.807) is 9.80 Å². The highest BCUT2D eigenvalue weighted by Gasteiger charge is 2.29. The second kappa shape index (κ2) is 15.2. The van der Waals surface area contributed by atoms with Crippen molar-refractivity contribution in [3.05, 3.63) is 54.1 Å². The van der Waals surface area contributed by atoms with Gasteiger partial charge in [0.05, 0.1) is 0 Å². The molecule has 12 nitrogen and oxygen atoms in total. The average molecular weight is 591 g/mol. The zero-order valence-electron chi connectivity index (χ0n) is 25.5. The van der Waals surface area contributed by atoms with Crippen molar-refractivity contribution in [1.29, 1.82) is 0 Å². The Kier molecular flexibility index (Phi) is 11.2. The minimum absolute atomic E-state index is 0.219. The maximum atomic E-state index is 13.5. The molecule has 3 aromatic rings. The van der Waals surface area contributed by atoms with Gasteiger partial charge in [0.25, 0.3) is 5.91 Å². The van der Waals surface area contributed by atoms with E-state index in [1.165, 1.54) is 0 Å². The van der Waals surface area contributed by atoms with Crippen LogP contribution >= 0.6 is 0 Å². The largest absolute Gasteiger partial charge is 0.454 e. The number of likely N-dealkylation sites (N-methyl/N-ethyl adjacent to an activating group) is 1. The Morgan fingerprint density at radius 3 is 2.35 bits per heavy atom. The Hall–Kier alpha value is -4.32. The highest BCUT2D eigenvalue weighted by atomic mass is 16.5. The number of rotatable bonds is 12. The standard InChI is InChI=1S/C31H42N8O4/c1-5-6-15-39(20-23-11-13-24(14-12-23)25-9-7-8-10-26(25)29-33-35-36-34-29)31(42)32-28(22(2)3)30(41)43-21-27(40)38-18-16-37(4)17-19-38/h7-14,22,28H,5-6,15-21H2,1-4H3,(H,32,42)(H,33,34,35,36). The Bertz CT molecular complexity index is 1340. The van der Waals surface area contributed by atoms with Gasteiger partial charge in [-0.3, -0.25) is 4.79 Å². The molecule has 0 bridgehead atoms. The third-order valence-corrected chi connectivity index (χ3v) is 7.61. The SMILES string of the molecule is CCCCN(Cc1ccc(-c2ccccc2-c2nn[nH]n2)cc1)C(=O)NC(C(=O)OCC(=O)N1CCN(C)CC1)C(C)C. The molecule has 1 aromatic heterocycles. The van der Waals surface area contributed by atoms with E-state index in [9.17, 15) is 14.4 Å². The average Bonchev–Trinajstić information content (AvgIpc) is 3.56. The molecule has 1 aliphatic heterocycles. The van der Waals surface area contributed by atoms with Crippen LogP contribution in [0.15, 0.2) is 48.5 Å². The first-order valence-corrected chi connectivity index (χ1v) is 14.9. The van der Waals surface area contributed by atoms with Crippen LogP contribution in [0.2, 0.25) is 0 Å². The molecule has 1 fully saturated rings. The predicted octanol–water partition coefficient (Wildman–Crippen LogP) is 3.19. The first-order chi connectivity index (χ1) is 20.8. The van der Waals surface area contributed by atoms with E-state index < -0.39 is 12.0 Å². The fourth-order valence-electron chi connectivity index (χ4n) is 4.91. The number of carbonyl (C=O) groups excluding carboxylic acids is 3.